The molecule has 0 aromatic carbocycles. The number of hydrogen-bond acceptors (Lipinski definition) is 3. The van der Waals surface area contributed by atoms with Crippen molar-refractivity contribution in [3.8, 4) is 0 Å². The highest BCUT2D eigenvalue weighted by Crippen LogP contribution is 2.10. The lowest BCUT2D eigenvalue weighted by atomic mass is 10.2. The predicted octanol–water partition coefficient (Wildman–Crippen LogP) is 0.622. The normalized spacial score (nSPS) is 17.4. The van der Waals surface area contributed by atoms with Crippen molar-refractivity contribution in [3.63, 3.8) is 0 Å². The molecule has 0 atom stereocenters. The number of allylic oxidation sites excluding steroid dienone is 2. The molecule has 0 unspecified atom stereocenters. The fourth-order valence-corrected chi connectivity index (χ4v) is 0.859. The first kappa shape index (κ1) is 7.31. The van der Waals surface area contributed by atoms with E-state index < -0.39 is 0 Å². The molecule has 0 saturated heterocycles. The second-order valence-electron chi connectivity index (χ2n) is 2.12. The van der Waals surface area contributed by atoms with Crippen LogP contribution in [0.25, 0.3) is 0 Å². The molecule has 0 saturated carbocycles. The third kappa shape index (κ3) is 1.59. The van der Waals surface area contributed by atoms with Crippen LogP contribution in [0.5, 0.6) is 0 Å². The Bertz CT molecular complexity index is 163. The Morgan fingerprint density at radius 1 is 1.70 bits per heavy atom. The molecule has 0 amide bonds. The summed E-state index contributed by atoms with van der Waals surface area (Å²) in [4.78, 5) is 0. The average Bonchev–Trinajstić information content (AvgIpc) is 1.94. The first-order chi connectivity index (χ1) is 4.84. The molecule has 0 fully saturated rings. The van der Waals surface area contributed by atoms with E-state index in [1.165, 1.54) is 0 Å². The third-order valence-corrected chi connectivity index (χ3v) is 1.38. The van der Waals surface area contributed by atoms with Gasteiger partial charge in [-0.2, -0.15) is 0 Å². The molecule has 3 nitrogen and oxygen atoms in total. The zero-order chi connectivity index (χ0) is 7.40. The van der Waals surface area contributed by atoms with Gasteiger partial charge in [0.15, 0.2) is 0 Å². The molecular weight excluding hydrogens is 130 g/mol. The van der Waals surface area contributed by atoms with Crippen LogP contribution in [0.3, 0.4) is 0 Å². The van der Waals surface area contributed by atoms with Crippen LogP contribution >= 0.6 is 0 Å². The number of aliphatic hydroxyl groups is 1. The molecule has 0 spiro atoms. The summed E-state index contributed by atoms with van der Waals surface area (Å²) >= 11 is 0. The van der Waals surface area contributed by atoms with Crippen molar-refractivity contribution < 1.29 is 5.11 Å². The summed E-state index contributed by atoms with van der Waals surface area (Å²) in [6.07, 6.45) is 5.80. The highest BCUT2D eigenvalue weighted by Gasteiger charge is 1.98. The van der Waals surface area contributed by atoms with Gasteiger partial charge in [0, 0.05) is 25.3 Å². The Labute approximate surface area is 59.8 Å². The summed E-state index contributed by atoms with van der Waals surface area (Å²) in [6, 6.07) is 0. The van der Waals surface area contributed by atoms with E-state index in [0.717, 1.165) is 5.06 Å². The van der Waals surface area contributed by atoms with E-state index in [9.17, 15) is 5.21 Å². The first-order valence-electron chi connectivity index (χ1n) is 3.26. The van der Waals surface area contributed by atoms with Crippen molar-refractivity contribution in [2.45, 2.75) is 6.42 Å². The van der Waals surface area contributed by atoms with Crippen LogP contribution in [0.2, 0.25) is 0 Å². The van der Waals surface area contributed by atoms with Gasteiger partial charge < -0.3 is 15.4 Å². The van der Waals surface area contributed by atoms with Crippen molar-refractivity contribution >= 4 is 0 Å². The topological polar surface area (TPSA) is 46.5 Å². The molecule has 1 heterocycles. The van der Waals surface area contributed by atoms with Crippen LogP contribution < -0.4 is 0 Å². The van der Waals surface area contributed by atoms with Gasteiger partial charge in [-0.15, -0.1) is 0 Å². The SMILES string of the molecule is [O-]N1CC=CC=C1CCO. The van der Waals surface area contributed by atoms with E-state index >= 15 is 0 Å². The lowest BCUT2D eigenvalue weighted by molar-refractivity contribution is 0.286. The van der Waals surface area contributed by atoms with E-state index in [1.807, 2.05) is 6.08 Å². The second-order valence-corrected chi connectivity index (χ2v) is 2.12. The van der Waals surface area contributed by atoms with Crippen LogP contribution in [-0.2, 0) is 0 Å². The molecule has 0 radical (unpaired) electrons. The molecule has 0 aromatic rings. The number of aliphatic hydroxyl groups excluding tert-OH is 1. The lowest BCUT2D eigenvalue weighted by Gasteiger charge is -2.33. The molecule has 3 heteroatoms. The quantitative estimate of drug-likeness (QED) is 0.611. The minimum atomic E-state index is 0.0401. The molecular formula is C7H10NO2-. The zero-order valence-electron chi connectivity index (χ0n) is 5.66. The maximum absolute atomic E-state index is 10.9. The van der Waals surface area contributed by atoms with Crippen LogP contribution in [0.4, 0.5) is 0 Å². The van der Waals surface area contributed by atoms with Crippen molar-refractivity contribution in [1.82, 2.24) is 5.06 Å². The van der Waals surface area contributed by atoms with Crippen LogP contribution in [-0.4, -0.2) is 23.3 Å². The van der Waals surface area contributed by atoms with Crippen LogP contribution in [0.15, 0.2) is 23.9 Å². The fourth-order valence-electron chi connectivity index (χ4n) is 0.859. The van der Waals surface area contributed by atoms with Gasteiger partial charge in [0.2, 0.25) is 0 Å². The molecule has 1 N–H and O–H groups in total. The van der Waals surface area contributed by atoms with E-state index in [1.54, 1.807) is 12.2 Å². The predicted molar refractivity (Wildman–Crippen MR) is 39.0 cm³/mol. The number of hydroxylamine groups is 2. The molecule has 0 aliphatic carbocycles. The smallest absolute Gasteiger partial charge is 0.0485 e. The minimum absolute atomic E-state index is 0.0401. The van der Waals surface area contributed by atoms with Gasteiger partial charge in [-0.05, 0) is 6.08 Å². The summed E-state index contributed by atoms with van der Waals surface area (Å²) in [5, 5.41) is 20.3. The molecule has 56 valence electrons. The first-order valence-corrected chi connectivity index (χ1v) is 3.26. The van der Waals surface area contributed by atoms with Crippen molar-refractivity contribution in [2.75, 3.05) is 13.2 Å². The summed E-state index contributed by atoms with van der Waals surface area (Å²) in [5.74, 6) is 0. The number of hydrogen-bond donors (Lipinski definition) is 1. The highest BCUT2D eigenvalue weighted by molar-refractivity contribution is 5.17. The van der Waals surface area contributed by atoms with Gasteiger partial charge >= 0.3 is 0 Å². The average molecular weight is 140 g/mol. The summed E-state index contributed by atoms with van der Waals surface area (Å²) < 4.78 is 0. The zero-order valence-corrected chi connectivity index (χ0v) is 5.66. The third-order valence-electron chi connectivity index (χ3n) is 1.38. The van der Waals surface area contributed by atoms with Crippen molar-refractivity contribution in [3.05, 3.63) is 29.1 Å². The van der Waals surface area contributed by atoms with Gasteiger partial charge in [-0.1, -0.05) is 12.2 Å². The fraction of sp³-hybridized carbons (Fsp3) is 0.429. The van der Waals surface area contributed by atoms with Gasteiger partial charge in [0.25, 0.3) is 0 Å². The largest absolute Gasteiger partial charge is 0.758 e. The molecule has 0 bridgehead atoms. The highest BCUT2D eigenvalue weighted by atomic mass is 16.5. The van der Waals surface area contributed by atoms with Crippen LogP contribution in [0.1, 0.15) is 6.42 Å². The van der Waals surface area contributed by atoms with Gasteiger partial charge in [-0.25, -0.2) is 0 Å². The minimum Gasteiger partial charge on any atom is -0.758 e. The van der Waals surface area contributed by atoms with Gasteiger partial charge in [-0.3, -0.25) is 0 Å². The van der Waals surface area contributed by atoms with E-state index in [4.69, 9.17) is 5.11 Å². The molecule has 1 rings (SSSR count). The molecule has 0 aromatic heterocycles. The summed E-state index contributed by atoms with van der Waals surface area (Å²) in [5.41, 5.74) is 0.657. The Morgan fingerprint density at radius 2 is 2.50 bits per heavy atom. The van der Waals surface area contributed by atoms with E-state index in [2.05, 4.69) is 0 Å². The standard InChI is InChI=1S/C7H10NO2/c9-6-4-7-3-1-2-5-8(7)10/h1-3,9H,4-6H2/q-1. The Kier molecular flexibility index (Phi) is 2.48. The maximum atomic E-state index is 10.9. The van der Waals surface area contributed by atoms with Gasteiger partial charge in [0.05, 0.1) is 0 Å². The van der Waals surface area contributed by atoms with E-state index in [0.29, 0.717) is 18.7 Å². The Morgan fingerprint density at radius 3 is 3.10 bits per heavy atom. The number of nitrogens with zero attached hydrogens (tertiary/aromatic N) is 1. The van der Waals surface area contributed by atoms with E-state index in [-0.39, 0.29) is 6.61 Å². The monoisotopic (exact) mass is 140 g/mol. The van der Waals surface area contributed by atoms with Gasteiger partial charge in [0.1, 0.15) is 0 Å². The van der Waals surface area contributed by atoms with Crippen molar-refractivity contribution in [1.29, 1.82) is 0 Å². The lowest BCUT2D eigenvalue weighted by Crippen LogP contribution is -2.18. The Hall–Kier alpha value is -0.800. The maximum Gasteiger partial charge on any atom is 0.0485 e. The van der Waals surface area contributed by atoms with Crippen LogP contribution in [0, 0.1) is 5.21 Å². The molecule has 1 aliphatic heterocycles. The molecule has 10 heavy (non-hydrogen) atoms. The van der Waals surface area contributed by atoms with Crippen molar-refractivity contribution in [2.24, 2.45) is 0 Å². The summed E-state index contributed by atoms with van der Waals surface area (Å²) in [6.45, 7) is 0.449. The molecule has 1 aliphatic rings. The Balaban J connectivity index is 2.52. The number of rotatable bonds is 2. The second kappa shape index (κ2) is 3.39. The summed E-state index contributed by atoms with van der Waals surface area (Å²) in [7, 11) is 0.